The molecule has 28 heavy (non-hydrogen) atoms. The maximum Gasteiger partial charge on any atom is 0.150 e. The van der Waals surface area contributed by atoms with Gasteiger partial charge in [-0.1, -0.05) is 12.1 Å². The first-order chi connectivity index (χ1) is 13.9. The molecule has 1 aliphatic carbocycles. The quantitative estimate of drug-likeness (QED) is 0.863. The molecule has 1 atom stereocenters. The SMILES string of the molecule is c1cc(OC2CCCC2)ccc1CN1CCC[C@@H]1c1nnc2n1CCNCC2. The summed E-state index contributed by atoms with van der Waals surface area (Å²) in [5.74, 6) is 3.32. The van der Waals surface area contributed by atoms with Gasteiger partial charge in [-0.05, 0) is 62.8 Å². The number of aromatic nitrogens is 3. The Balaban J connectivity index is 1.26. The van der Waals surface area contributed by atoms with E-state index in [2.05, 4.69) is 49.2 Å². The van der Waals surface area contributed by atoms with Crippen LogP contribution in [0.25, 0.3) is 0 Å². The summed E-state index contributed by atoms with van der Waals surface area (Å²) in [6, 6.07) is 9.14. The lowest BCUT2D eigenvalue weighted by Crippen LogP contribution is -2.26. The van der Waals surface area contributed by atoms with Crippen molar-refractivity contribution in [2.45, 2.75) is 70.2 Å². The minimum absolute atomic E-state index is 0.383. The number of nitrogens with one attached hydrogen (secondary N) is 1. The topological polar surface area (TPSA) is 55.2 Å². The highest BCUT2D eigenvalue weighted by Crippen LogP contribution is 2.33. The van der Waals surface area contributed by atoms with E-state index in [0.29, 0.717) is 12.1 Å². The lowest BCUT2D eigenvalue weighted by molar-refractivity contribution is 0.209. The molecule has 6 nitrogen and oxygen atoms in total. The Kier molecular flexibility index (Phi) is 5.32. The number of fused-ring (bicyclic) bond motifs is 1. The minimum Gasteiger partial charge on any atom is -0.490 e. The van der Waals surface area contributed by atoms with Crippen molar-refractivity contribution < 1.29 is 4.74 Å². The Hall–Kier alpha value is -1.92. The van der Waals surface area contributed by atoms with Gasteiger partial charge in [0.15, 0.2) is 0 Å². The summed E-state index contributed by atoms with van der Waals surface area (Å²) >= 11 is 0. The molecule has 2 fully saturated rings. The van der Waals surface area contributed by atoms with Crippen molar-refractivity contribution in [3.05, 3.63) is 41.5 Å². The molecular weight excluding hydrogens is 350 g/mol. The second kappa shape index (κ2) is 8.21. The molecule has 2 aliphatic heterocycles. The number of rotatable bonds is 5. The first-order valence-corrected chi connectivity index (χ1v) is 11.0. The van der Waals surface area contributed by atoms with Crippen LogP contribution in [-0.4, -0.2) is 45.4 Å². The van der Waals surface area contributed by atoms with Crippen LogP contribution in [0.4, 0.5) is 0 Å². The van der Waals surface area contributed by atoms with Gasteiger partial charge in [0, 0.05) is 32.6 Å². The molecule has 5 rings (SSSR count). The van der Waals surface area contributed by atoms with Crippen LogP contribution in [0.2, 0.25) is 0 Å². The summed E-state index contributed by atoms with van der Waals surface area (Å²) < 4.78 is 8.48. The average Bonchev–Trinajstić information content (AvgIpc) is 3.43. The standard InChI is InChI=1S/C22H31N5O/c1-2-5-18(4-1)28-19-9-7-17(8-10-19)16-26-14-3-6-20(26)22-25-24-21-11-12-23-13-15-27(21)22/h7-10,18,20,23H,1-6,11-16H2/t20-/m1/s1. The van der Waals surface area contributed by atoms with Crippen LogP contribution in [0.1, 0.15) is 61.8 Å². The van der Waals surface area contributed by atoms with Gasteiger partial charge >= 0.3 is 0 Å². The maximum absolute atomic E-state index is 6.11. The first kappa shape index (κ1) is 18.1. The highest BCUT2D eigenvalue weighted by atomic mass is 16.5. The molecule has 1 saturated carbocycles. The third kappa shape index (κ3) is 3.80. The van der Waals surface area contributed by atoms with Crippen molar-refractivity contribution in [3.63, 3.8) is 0 Å². The Morgan fingerprint density at radius 1 is 0.964 bits per heavy atom. The number of likely N-dealkylation sites (tertiary alicyclic amines) is 1. The minimum atomic E-state index is 0.383. The van der Waals surface area contributed by atoms with Gasteiger partial charge in [0.2, 0.25) is 0 Å². The van der Waals surface area contributed by atoms with Crippen molar-refractivity contribution in [2.24, 2.45) is 0 Å². The van der Waals surface area contributed by atoms with Crippen molar-refractivity contribution in [1.29, 1.82) is 0 Å². The smallest absolute Gasteiger partial charge is 0.150 e. The van der Waals surface area contributed by atoms with Crippen molar-refractivity contribution in [1.82, 2.24) is 25.0 Å². The molecule has 1 aromatic carbocycles. The molecule has 0 bridgehead atoms. The number of ether oxygens (including phenoxy) is 1. The zero-order chi connectivity index (χ0) is 18.8. The maximum atomic E-state index is 6.11. The summed E-state index contributed by atoms with van der Waals surface area (Å²) in [6.07, 6.45) is 8.82. The Bertz CT molecular complexity index is 781. The zero-order valence-corrected chi connectivity index (χ0v) is 16.6. The van der Waals surface area contributed by atoms with E-state index in [-0.39, 0.29) is 0 Å². The summed E-state index contributed by atoms with van der Waals surface area (Å²) in [6.45, 7) is 5.09. The second-order valence-corrected chi connectivity index (χ2v) is 8.42. The van der Waals surface area contributed by atoms with Gasteiger partial charge in [0.25, 0.3) is 0 Å². The van der Waals surface area contributed by atoms with E-state index in [1.807, 2.05) is 0 Å². The van der Waals surface area contributed by atoms with Crippen molar-refractivity contribution >= 4 is 0 Å². The molecule has 0 radical (unpaired) electrons. The lowest BCUT2D eigenvalue weighted by Gasteiger charge is -2.24. The Morgan fingerprint density at radius 3 is 2.68 bits per heavy atom. The summed E-state index contributed by atoms with van der Waals surface area (Å²) in [7, 11) is 0. The predicted octanol–water partition coefficient (Wildman–Crippen LogP) is 3.08. The van der Waals surface area contributed by atoms with Gasteiger partial charge in [0.1, 0.15) is 17.4 Å². The van der Waals surface area contributed by atoms with E-state index in [4.69, 9.17) is 4.74 Å². The van der Waals surface area contributed by atoms with E-state index < -0.39 is 0 Å². The van der Waals surface area contributed by atoms with Gasteiger partial charge in [-0.2, -0.15) is 0 Å². The molecular formula is C22H31N5O. The molecule has 0 amide bonds. The van der Waals surface area contributed by atoms with Crippen LogP contribution >= 0.6 is 0 Å². The fourth-order valence-electron chi connectivity index (χ4n) is 4.95. The lowest BCUT2D eigenvalue weighted by atomic mass is 10.1. The van der Waals surface area contributed by atoms with E-state index >= 15 is 0 Å². The van der Waals surface area contributed by atoms with E-state index in [9.17, 15) is 0 Å². The molecule has 1 aromatic heterocycles. The Morgan fingerprint density at radius 2 is 1.82 bits per heavy atom. The molecule has 6 heteroatoms. The van der Waals surface area contributed by atoms with E-state index in [1.54, 1.807) is 0 Å². The van der Waals surface area contributed by atoms with Gasteiger partial charge in [0.05, 0.1) is 12.1 Å². The third-order valence-electron chi connectivity index (χ3n) is 6.47. The fraction of sp³-hybridized carbons (Fsp3) is 0.636. The average molecular weight is 382 g/mol. The first-order valence-electron chi connectivity index (χ1n) is 11.0. The van der Waals surface area contributed by atoms with Crippen molar-refractivity contribution in [2.75, 3.05) is 19.6 Å². The van der Waals surface area contributed by atoms with E-state index in [0.717, 1.165) is 56.5 Å². The molecule has 3 heterocycles. The molecule has 2 aromatic rings. The molecule has 150 valence electrons. The van der Waals surface area contributed by atoms with Gasteiger partial charge in [-0.15, -0.1) is 10.2 Å². The molecule has 0 spiro atoms. The Labute approximate surface area is 167 Å². The number of hydrogen-bond acceptors (Lipinski definition) is 5. The highest BCUT2D eigenvalue weighted by Gasteiger charge is 2.31. The number of benzene rings is 1. The van der Waals surface area contributed by atoms with Crippen LogP contribution in [0.5, 0.6) is 5.75 Å². The van der Waals surface area contributed by atoms with Gasteiger partial charge < -0.3 is 14.6 Å². The van der Waals surface area contributed by atoms with Crippen LogP contribution in [0, 0.1) is 0 Å². The molecule has 1 N–H and O–H groups in total. The number of nitrogens with zero attached hydrogens (tertiary/aromatic N) is 4. The number of hydrogen-bond donors (Lipinski definition) is 1. The predicted molar refractivity (Wildman–Crippen MR) is 108 cm³/mol. The highest BCUT2D eigenvalue weighted by molar-refractivity contribution is 5.27. The molecule has 0 unspecified atom stereocenters. The largest absolute Gasteiger partial charge is 0.490 e. The van der Waals surface area contributed by atoms with Crippen molar-refractivity contribution in [3.8, 4) is 5.75 Å². The normalized spacial score (nSPS) is 23.6. The van der Waals surface area contributed by atoms with Gasteiger partial charge in [-0.25, -0.2) is 0 Å². The fourth-order valence-corrected chi connectivity index (χ4v) is 4.95. The summed E-state index contributed by atoms with van der Waals surface area (Å²) in [4.78, 5) is 2.57. The molecule has 3 aliphatic rings. The monoisotopic (exact) mass is 381 g/mol. The molecule has 1 saturated heterocycles. The third-order valence-corrected chi connectivity index (χ3v) is 6.47. The van der Waals surface area contributed by atoms with Crippen LogP contribution in [0.15, 0.2) is 24.3 Å². The van der Waals surface area contributed by atoms with Crippen LogP contribution in [0.3, 0.4) is 0 Å². The summed E-state index contributed by atoms with van der Waals surface area (Å²) in [5, 5.41) is 12.6. The van der Waals surface area contributed by atoms with E-state index in [1.165, 1.54) is 44.1 Å². The van der Waals surface area contributed by atoms with Crippen LogP contribution in [-0.2, 0) is 19.5 Å². The van der Waals surface area contributed by atoms with Gasteiger partial charge in [-0.3, -0.25) is 4.90 Å². The summed E-state index contributed by atoms with van der Waals surface area (Å²) in [5.41, 5.74) is 1.35. The second-order valence-electron chi connectivity index (χ2n) is 8.42. The van der Waals surface area contributed by atoms with Crippen LogP contribution < -0.4 is 10.1 Å². The zero-order valence-electron chi connectivity index (χ0n) is 16.6.